The Morgan fingerprint density at radius 1 is 0.600 bits per heavy atom. The molecule has 0 aromatic heterocycles. The van der Waals surface area contributed by atoms with E-state index in [2.05, 4.69) is 0 Å². The summed E-state index contributed by atoms with van der Waals surface area (Å²) < 4.78 is 0. The number of halogens is 1. The molecule has 41 valence electrons. The van der Waals surface area contributed by atoms with Crippen molar-refractivity contribution in [2.24, 2.45) is 0 Å². The summed E-state index contributed by atoms with van der Waals surface area (Å²) in [5.41, 5.74) is 0. The van der Waals surface area contributed by atoms with Crippen molar-refractivity contribution in [3.05, 3.63) is 0 Å². The van der Waals surface area contributed by atoms with Crippen molar-refractivity contribution in [2.45, 2.75) is 0 Å². The Bertz CT molecular complexity index is 6.85. The molecule has 0 aliphatic carbocycles. The molecule has 0 saturated heterocycles. The van der Waals surface area contributed by atoms with E-state index in [1.54, 1.807) is 0 Å². The maximum atomic E-state index is 0. The fraction of sp³-hybridized carbons (Fsp3) is 0. The zero-order valence-corrected chi connectivity index (χ0v) is 4.70. The first-order chi connectivity index (χ1) is 0. The van der Waals surface area contributed by atoms with Crippen LogP contribution in [0.5, 0.6) is 0 Å². The van der Waals surface area contributed by atoms with Gasteiger partial charge in [-0.05, 0) is 0 Å². The third-order valence-electron chi connectivity index (χ3n) is 0. The summed E-state index contributed by atoms with van der Waals surface area (Å²) in [5, 5.41) is 0. The third kappa shape index (κ3) is 59.4. The normalized spacial score (nSPS) is 0. The molecule has 0 saturated carbocycles. The van der Waals surface area contributed by atoms with E-state index in [4.69, 9.17) is 0 Å². The topological polar surface area (TPSA) is 94.5 Å². The van der Waals surface area contributed by atoms with Crippen molar-refractivity contribution in [3.8, 4) is 0 Å². The van der Waals surface area contributed by atoms with Gasteiger partial charge in [0.2, 0.25) is 0 Å². The molecule has 0 spiro atoms. The zero-order chi connectivity index (χ0) is 0. The quantitative estimate of drug-likeness (QED) is 0.396. The van der Waals surface area contributed by atoms with Gasteiger partial charge in [-0.2, -0.15) is 0 Å². The van der Waals surface area contributed by atoms with Gasteiger partial charge < -0.3 is 16.4 Å². The second-order valence-corrected chi connectivity index (χ2v) is 0. The van der Waals surface area contributed by atoms with Crippen LogP contribution in [-0.4, -0.2) is 16.4 Å². The Morgan fingerprint density at radius 3 is 0.600 bits per heavy atom. The summed E-state index contributed by atoms with van der Waals surface area (Å²) in [4.78, 5) is 0. The van der Waals surface area contributed by atoms with E-state index < -0.39 is 0 Å². The van der Waals surface area contributed by atoms with Gasteiger partial charge in [0.1, 0.15) is 0 Å². The summed E-state index contributed by atoms with van der Waals surface area (Å²) in [5.74, 6) is 0. The van der Waals surface area contributed by atoms with Gasteiger partial charge in [-0.3, -0.25) is 0 Å². The van der Waals surface area contributed by atoms with Gasteiger partial charge in [-0.25, -0.2) is 0 Å². The van der Waals surface area contributed by atoms with E-state index >= 15 is 0 Å². The molecule has 3 nitrogen and oxygen atoms in total. The molecule has 0 fully saturated rings. The smallest absolute Gasteiger partial charge is 0 e. The Labute approximate surface area is 48.8 Å². The molecule has 6 N–H and O–H groups in total. The van der Waals surface area contributed by atoms with Gasteiger partial charge in [-0.1, -0.05) is 0 Å². The molecular formula is H7ClO3Rh. The predicted molar refractivity (Wildman–Crippen MR) is 18.1 cm³/mol. The Morgan fingerprint density at radius 2 is 0.600 bits per heavy atom. The monoisotopic (exact) mass is 193 g/mol. The molecule has 0 aromatic rings. The van der Waals surface area contributed by atoms with Crippen LogP contribution in [0.1, 0.15) is 0 Å². The molecule has 0 heterocycles. The zero-order valence-electron chi connectivity index (χ0n) is 2.24. The van der Waals surface area contributed by atoms with E-state index in [1.807, 2.05) is 0 Å². The standard InChI is InChI=1S/ClH.3H2O.Rh/h1H;3*1H2;. The van der Waals surface area contributed by atoms with Gasteiger partial charge in [0, 0.05) is 19.5 Å². The number of rotatable bonds is 0. The molecule has 5 heteroatoms. The Kier molecular flexibility index (Phi) is 4630. The van der Waals surface area contributed by atoms with Crippen molar-refractivity contribution in [1.29, 1.82) is 0 Å². The van der Waals surface area contributed by atoms with Crippen LogP contribution in [0.4, 0.5) is 0 Å². The van der Waals surface area contributed by atoms with Crippen LogP contribution in [0, 0.1) is 0 Å². The average Bonchev–Trinajstić information content (AvgIpc) is 0. The maximum Gasteiger partial charge on any atom is 0 e. The molecule has 0 amide bonds. The van der Waals surface area contributed by atoms with Crippen molar-refractivity contribution >= 4 is 12.4 Å². The second-order valence-electron chi connectivity index (χ2n) is 0. The van der Waals surface area contributed by atoms with E-state index in [1.165, 1.54) is 0 Å². The van der Waals surface area contributed by atoms with Crippen LogP contribution >= 0.6 is 12.4 Å². The van der Waals surface area contributed by atoms with E-state index in [9.17, 15) is 0 Å². The number of hydrogen-bond donors (Lipinski definition) is 0. The Hall–Kier alpha value is 0.793. The summed E-state index contributed by atoms with van der Waals surface area (Å²) in [6.07, 6.45) is 0. The third-order valence-corrected chi connectivity index (χ3v) is 0. The van der Waals surface area contributed by atoms with E-state index in [-0.39, 0.29) is 48.3 Å². The minimum absolute atomic E-state index is 0. The molecule has 0 unspecified atom stereocenters. The number of hydrogen-bond acceptors (Lipinski definition) is 0. The van der Waals surface area contributed by atoms with E-state index in [0.717, 1.165) is 0 Å². The van der Waals surface area contributed by atoms with Crippen LogP contribution in [0.2, 0.25) is 0 Å². The van der Waals surface area contributed by atoms with Gasteiger partial charge in [0.05, 0.1) is 0 Å². The molecule has 0 aromatic carbocycles. The largest absolute Gasteiger partial charge is 0.412 e. The van der Waals surface area contributed by atoms with Crippen LogP contribution in [-0.2, 0) is 19.5 Å². The summed E-state index contributed by atoms with van der Waals surface area (Å²) in [6.45, 7) is 0. The van der Waals surface area contributed by atoms with Crippen LogP contribution < -0.4 is 0 Å². The molecule has 0 aliphatic heterocycles. The van der Waals surface area contributed by atoms with Crippen LogP contribution in [0.15, 0.2) is 0 Å². The van der Waals surface area contributed by atoms with Crippen LogP contribution in [0.25, 0.3) is 0 Å². The summed E-state index contributed by atoms with van der Waals surface area (Å²) in [6, 6.07) is 0. The first-order valence-corrected chi connectivity index (χ1v) is 0. The molecular weight excluding hydrogens is 186 g/mol. The minimum Gasteiger partial charge on any atom is -0.412 e. The van der Waals surface area contributed by atoms with Gasteiger partial charge in [0.15, 0.2) is 0 Å². The van der Waals surface area contributed by atoms with Gasteiger partial charge in [0.25, 0.3) is 0 Å². The van der Waals surface area contributed by atoms with E-state index in [0.29, 0.717) is 0 Å². The fourth-order valence-electron chi connectivity index (χ4n) is 0. The molecule has 5 heavy (non-hydrogen) atoms. The molecule has 0 aliphatic rings. The molecule has 1 radical (unpaired) electrons. The second kappa shape index (κ2) is 110. The fourth-order valence-corrected chi connectivity index (χ4v) is 0. The molecule has 0 bridgehead atoms. The predicted octanol–water partition coefficient (Wildman–Crippen LogP) is -2.05. The first kappa shape index (κ1) is 211. The summed E-state index contributed by atoms with van der Waals surface area (Å²) in [7, 11) is 0. The maximum absolute atomic E-state index is 0. The van der Waals surface area contributed by atoms with Crippen molar-refractivity contribution in [3.63, 3.8) is 0 Å². The average molecular weight is 193 g/mol. The van der Waals surface area contributed by atoms with Crippen molar-refractivity contribution < 1.29 is 35.9 Å². The van der Waals surface area contributed by atoms with Gasteiger partial charge in [-0.15, -0.1) is 12.4 Å². The SMILES string of the molecule is Cl.O.O.O.[Rh]. The molecule has 0 rings (SSSR count). The van der Waals surface area contributed by atoms with Crippen molar-refractivity contribution in [2.75, 3.05) is 0 Å². The van der Waals surface area contributed by atoms with Crippen LogP contribution in [0.3, 0.4) is 0 Å². The minimum atomic E-state index is 0. The first-order valence-electron chi connectivity index (χ1n) is 0. The van der Waals surface area contributed by atoms with Crippen molar-refractivity contribution in [1.82, 2.24) is 0 Å². The summed E-state index contributed by atoms with van der Waals surface area (Å²) >= 11 is 0. The molecule has 0 atom stereocenters. The Balaban J connectivity index is 0. The van der Waals surface area contributed by atoms with Gasteiger partial charge >= 0.3 is 0 Å².